The van der Waals surface area contributed by atoms with Gasteiger partial charge in [0.05, 0.1) is 12.3 Å². The SMILES string of the molecule is CCOC(=O)c1nnc(NC[C@@H]2CCO[C@H]2c2ccnn2C)o1. The number of hydrogen-bond donors (Lipinski definition) is 1. The smallest absolute Gasteiger partial charge is 0.396 e. The Bertz CT molecular complexity index is 668. The van der Waals surface area contributed by atoms with Crippen LogP contribution in [0.3, 0.4) is 0 Å². The van der Waals surface area contributed by atoms with Gasteiger partial charge in [0.25, 0.3) is 0 Å². The molecule has 2 aromatic rings. The molecule has 23 heavy (non-hydrogen) atoms. The molecule has 1 N–H and O–H groups in total. The second kappa shape index (κ2) is 6.78. The Morgan fingerprint density at radius 2 is 2.39 bits per heavy atom. The summed E-state index contributed by atoms with van der Waals surface area (Å²) in [6, 6.07) is 2.15. The molecular formula is C14H19N5O4. The molecule has 0 saturated carbocycles. The summed E-state index contributed by atoms with van der Waals surface area (Å²) in [7, 11) is 1.89. The third-order valence-corrected chi connectivity index (χ3v) is 3.76. The van der Waals surface area contributed by atoms with Crippen molar-refractivity contribution in [2.45, 2.75) is 19.4 Å². The molecule has 9 heteroatoms. The van der Waals surface area contributed by atoms with Crippen LogP contribution in [0.1, 0.15) is 35.8 Å². The third-order valence-electron chi connectivity index (χ3n) is 3.76. The van der Waals surface area contributed by atoms with E-state index in [9.17, 15) is 4.79 Å². The highest BCUT2D eigenvalue weighted by atomic mass is 16.5. The van der Waals surface area contributed by atoms with Gasteiger partial charge in [-0.15, -0.1) is 0 Å². The Morgan fingerprint density at radius 1 is 1.52 bits per heavy atom. The molecular weight excluding hydrogens is 302 g/mol. The second-order valence-electron chi connectivity index (χ2n) is 5.23. The Morgan fingerprint density at radius 3 is 3.13 bits per heavy atom. The molecule has 1 saturated heterocycles. The molecule has 3 heterocycles. The van der Waals surface area contributed by atoms with Crippen molar-refractivity contribution in [3.05, 3.63) is 23.8 Å². The van der Waals surface area contributed by atoms with Crippen LogP contribution >= 0.6 is 0 Å². The molecule has 1 aliphatic rings. The summed E-state index contributed by atoms with van der Waals surface area (Å²) < 4.78 is 17.7. The Labute approximate surface area is 133 Å². The first kappa shape index (κ1) is 15.5. The minimum absolute atomic E-state index is 0.0255. The van der Waals surface area contributed by atoms with Crippen LogP contribution in [0.25, 0.3) is 0 Å². The first-order valence-electron chi connectivity index (χ1n) is 7.53. The molecule has 0 spiro atoms. The lowest BCUT2D eigenvalue weighted by Gasteiger charge is -2.18. The van der Waals surface area contributed by atoms with E-state index in [0.29, 0.717) is 13.2 Å². The van der Waals surface area contributed by atoms with Gasteiger partial charge in [-0.25, -0.2) is 4.79 Å². The summed E-state index contributed by atoms with van der Waals surface area (Å²) in [6.45, 7) is 3.27. The van der Waals surface area contributed by atoms with Crippen LogP contribution in [0, 0.1) is 5.92 Å². The molecule has 0 aromatic carbocycles. The molecule has 0 radical (unpaired) electrons. The van der Waals surface area contributed by atoms with Gasteiger partial charge in [-0.3, -0.25) is 4.68 Å². The predicted molar refractivity (Wildman–Crippen MR) is 78.8 cm³/mol. The fourth-order valence-corrected chi connectivity index (χ4v) is 2.62. The van der Waals surface area contributed by atoms with Gasteiger partial charge in [0.1, 0.15) is 6.10 Å². The standard InChI is InChI=1S/C14H19N5O4/c1-3-21-13(20)12-17-18-14(23-12)15-8-9-5-7-22-11(9)10-4-6-16-19(10)2/h4,6,9,11H,3,5,7-8H2,1-2H3,(H,15,18)/t9-,11+/m0/s1. The van der Waals surface area contributed by atoms with Crippen molar-refractivity contribution in [2.75, 3.05) is 25.1 Å². The number of ether oxygens (including phenoxy) is 2. The molecule has 3 rings (SSSR count). The monoisotopic (exact) mass is 321 g/mol. The fraction of sp³-hybridized carbons (Fsp3) is 0.571. The number of rotatable bonds is 6. The van der Waals surface area contributed by atoms with Crippen LogP contribution in [0.15, 0.2) is 16.7 Å². The maximum Gasteiger partial charge on any atom is 0.396 e. The van der Waals surface area contributed by atoms with E-state index >= 15 is 0 Å². The van der Waals surface area contributed by atoms with Gasteiger partial charge < -0.3 is 19.2 Å². The van der Waals surface area contributed by atoms with Gasteiger partial charge in [-0.1, -0.05) is 10.2 Å². The van der Waals surface area contributed by atoms with E-state index < -0.39 is 5.97 Å². The van der Waals surface area contributed by atoms with E-state index in [1.165, 1.54) is 0 Å². The lowest BCUT2D eigenvalue weighted by atomic mass is 9.99. The van der Waals surface area contributed by atoms with Crippen molar-refractivity contribution in [1.29, 1.82) is 0 Å². The highest BCUT2D eigenvalue weighted by Gasteiger charge is 2.31. The molecule has 2 aromatic heterocycles. The van der Waals surface area contributed by atoms with Crippen molar-refractivity contribution in [3.8, 4) is 0 Å². The van der Waals surface area contributed by atoms with Crippen LogP contribution in [-0.2, 0) is 16.5 Å². The van der Waals surface area contributed by atoms with Gasteiger partial charge in [0.15, 0.2) is 0 Å². The van der Waals surface area contributed by atoms with Gasteiger partial charge in [0, 0.05) is 32.3 Å². The molecule has 1 aliphatic heterocycles. The average Bonchev–Trinajstić information content (AvgIpc) is 3.25. The van der Waals surface area contributed by atoms with Crippen LogP contribution < -0.4 is 5.32 Å². The van der Waals surface area contributed by atoms with Crippen molar-refractivity contribution >= 4 is 12.0 Å². The molecule has 2 atom stereocenters. The number of aryl methyl sites for hydroxylation is 1. The van der Waals surface area contributed by atoms with E-state index in [1.807, 2.05) is 17.8 Å². The molecule has 9 nitrogen and oxygen atoms in total. The van der Waals surface area contributed by atoms with E-state index in [1.54, 1.807) is 13.1 Å². The van der Waals surface area contributed by atoms with Gasteiger partial charge in [-0.2, -0.15) is 5.10 Å². The second-order valence-corrected chi connectivity index (χ2v) is 5.23. The quantitative estimate of drug-likeness (QED) is 0.791. The van der Waals surface area contributed by atoms with Gasteiger partial charge in [-0.05, 0) is 19.4 Å². The minimum atomic E-state index is -0.620. The van der Waals surface area contributed by atoms with Crippen molar-refractivity contribution in [2.24, 2.45) is 13.0 Å². The number of carbonyl (C=O) groups is 1. The Hall–Kier alpha value is -2.42. The Balaban J connectivity index is 1.60. The molecule has 0 unspecified atom stereocenters. The van der Waals surface area contributed by atoms with Crippen molar-refractivity contribution < 1.29 is 18.7 Å². The first-order valence-corrected chi connectivity index (χ1v) is 7.53. The molecule has 0 bridgehead atoms. The van der Waals surface area contributed by atoms with Gasteiger partial charge >= 0.3 is 17.9 Å². The maximum atomic E-state index is 11.5. The van der Waals surface area contributed by atoms with E-state index in [2.05, 4.69) is 20.6 Å². The Kier molecular flexibility index (Phi) is 4.56. The average molecular weight is 321 g/mol. The molecule has 0 aliphatic carbocycles. The third kappa shape index (κ3) is 3.34. The number of nitrogens with zero attached hydrogens (tertiary/aromatic N) is 4. The number of aromatic nitrogens is 4. The van der Waals surface area contributed by atoms with Crippen LogP contribution in [0.2, 0.25) is 0 Å². The zero-order valence-electron chi connectivity index (χ0n) is 13.1. The minimum Gasteiger partial charge on any atom is -0.459 e. The summed E-state index contributed by atoms with van der Waals surface area (Å²) in [5.41, 5.74) is 1.03. The molecule has 1 fully saturated rings. The molecule has 124 valence electrons. The number of anilines is 1. The highest BCUT2D eigenvalue weighted by molar-refractivity contribution is 5.84. The highest BCUT2D eigenvalue weighted by Crippen LogP contribution is 2.34. The zero-order chi connectivity index (χ0) is 16.2. The van der Waals surface area contributed by atoms with E-state index in [4.69, 9.17) is 13.9 Å². The van der Waals surface area contributed by atoms with Crippen LogP contribution in [0.5, 0.6) is 0 Å². The normalized spacial score (nSPS) is 20.6. The number of esters is 1. The van der Waals surface area contributed by atoms with E-state index in [0.717, 1.165) is 12.1 Å². The summed E-state index contributed by atoms with van der Waals surface area (Å²) in [4.78, 5) is 11.5. The lowest BCUT2D eigenvalue weighted by Crippen LogP contribution is -2.20. The summed E-state index contributed by atoms with van der Waals surface area (Å²) in [6.07, 6.45) is 2.65. The van der Waals surface area contributed by atoms with Crippen LogP contribution in [-0.4, -0.2) is 45.7 Å². The number of hydrogen-bond acceptors (Lipinski definition) is 8. The lowest BCUT2D eigenvalue weighted by molar-refractivity contribution is 0.0481. The fourth-order valence-electron chi connectivity index (χ4n) is 2.62. The summed E-state index contributed by atoms with van der Waals surface area (Å²) >= 11 is 0. The van der Waals surface area contributed by atoms with Gasteiger partial charge in [0.2, 0.25) is 0 Å². The first-order chi connectivity index (χ1) is 11.2. The number of nitrogens with one attached hydrogen (secondary N) is 1. The summed E-state index contributed by atoms with van der Waals surface area (Å²) in [5, 5.41) is 14.7. The maximum absolute atomic E-state index is 11.5. The van der Waals surface area contributed by atoms with Crippen molar-refractivity contribution in [1.82, 2.24) is 20.0 Å². The zero-order valence-corrected chi connectivity index (χ0v) is 13.1. The van der Waals surface area contributed by atoms with Crippen molar-refractivity contribution in [3.63, 3.8) is 0 Å². The topological polar surface area (TPSA) is 104 Å². The largest absolute Gasteiger partial charge is 0.459 e. The summed E-state index contributed by atoms with van der Waals surface area (Å²) in [5.74, 6) is -0.520. The van der Waals surface area contributed by atoms with Crippen LogP contribution in [0.4, 0.5) is 6.01 Å². The van der Waals surface area contributed by atoms with E-state index in [-0.39, 0.29) is 30.5 Å². The molecule has 0 amide bonds. The number of carbonyl (C=O) groups excluding carboxylic acids is 1. The predicted octanol–water partition coefficient (Wildman–Crippen LogP) is 1.17.